The van der Waals surface area contributed by atoms with Gasteiger partial charge in [-0.2, -0.15) is 8.78 Å². The van der Waals surface area contributed by atoms with Gasteiger partial charge in [-0.15, -0.1) is 12.4 Å². The fraction of sp³-hybridized carbons (Fsp3) is 0.455. The lowest BCUT2D eigenvalue weighted by Gasteiger charge is -2.19. The minimum atomic E-state index is -3.20. The number of aliphatic hydroxyl groups excluding tert-OH is 1. The van der Waals surface area contributed by atoms with E-state index in [9.17, 15) is 8.78 Å². The van der Waals surface area contributed by atoms with E-state index in [2.05, 4.69) is 0 Å². The smallest absolute Gasteiger partial charge is 0.296 e. The fourth-order valence-electron chi connectivity index (χ4n) is 1.63. The molecule has 1 aromatic carbocycles. The summed E-state index contributed by atoms with van der Waals surface area (Å²) in [5.41, 5.74) is 6.64. The zero-order valence-electron chi connectivity index (χ0n) is 9.21. The first-order chi connectivity index (χ1) is 6.90. The van der Waals surface area contributed by atoms with Crippen LogP contribution in [0.15, 0.2) is 18.2 Å². The molecule has 1 rings (SSSR count). The molecule has 1 unspecified atom stereocenters. The molecule has 92 valence electrons. The third kappa shape index (κ3) is 2.90. The topological polar surface area (TPSA) is 46.2 Å². The maximum atomic E-state index is 13.3. The Morgan fingerprint density at radius 3 is 2.44 bits per heavy atom. The average Bonchev–Trinajstić information content (AvgIpc) is 2.17. The molecule has 0 fully saturated rings. The van der Waals surface area contributed by atoms with Crippen LogP contribution in [-0.4, -0.2) is 11.7 Å². The van der Waals surface area contributed by atoms with Crippen LogP contribution < -0.4 is 5.73 Å². The molecule has 1 aromatic rings. The van der Waals surface area contributed by atoms with Crippen molar-refractivity contribution < 1.29 is 13.9 Å². The molecule has 0 spiro atoms. The first-order valence-corrected chi connectivity index (χ1v) is 4.74. The first kappa shape index (κ1) is 15.3. The van der Waals surface area contributed by atoms with Gasteiger partial charge in [-0.05, 0) is 25.0 Å². The van der Waals surface area contributed by atoms with Gasteiger partial charge in [0.2, 0.25) is 0 Å². The summed E-state index contributed by atoms with van der Waals surface area (Å²) in [6.45, 7) is 2.15. The highest BCUT2D eigenvalue weighted by atomic mass is 35.5. The molecule has 2 nitrogen and oxygen atoms in total. The van der Waals surface area contributed by atoms with Crippen molar-refractivity contribution in [3.05, 3.63) is 34.9 Å². The van der Waals surface area contributed by atoms with Gasteiger partial charge in [0.05, 0.1) is 0 Å². The van der Waals surface area contributed by atoms with E-state index < -0.39 is 12.5 Å². The maximum absolute atomic E-state index is 13.3. The van der Waals surface area contributed by atoms with E-state index in [1.807, 2.05) is 0 Å². The molecule has 0 bridgehead atoms. The molecule has 3 N–H and O–H groups in total. The van der Waals surface area contributed by atoms with Crippen LogP contribution in [0.2, 0.25) is 0 Å². The van der Waals surface area contributed by atoms with E-state index in [1.54, 1.807) is 19.9 Å². The first-order valence-electron chi connectivity index (χ1n) is 4.74. The number of halogens is 3. The fourth-order valence-corrected chi connectivity index (χ4v) is 1.63. The zero-order chi connectivity index (χ0) is 11.6. The summed E-state index contributed by atoms with van der Waals surface area (Å²) in [5.74, 6) is -3.20. The van der Waals surface area contributed by atoms with Crippen LogP contribution >= 0.6 is 12.4 Å². The molecule has 0 saturated heterocycles. The second-order valence-electron chi connectivity index (χ2n) is 3.67. The summed E-state index contributed by atoms with van der Waals surface area (Å²) < 4.78 is 26.6. The van der Waals surface area contributed by atoms with Crippen molar-refractivity contribution in [1.29, 1.82) is 0 Å². The van der Waals surface area contributed by atoms with Crippen molar-refractivity contribution >= 4 is 12.4 Å². The molecular formula is C11H16ClF2NO. The molecule has 0 aliphatic carbocycles. The highest BCUT2D eigenvalue weighted by Gasteiger charge is 2.32. The van der Waals surface area contributed by atoms with E-state index in [0.29, 0.717) is 11.1 Å². The van der Waals surface area contributed by atoms with E-state index in [4.69, 9.17) is 10.8 Å². The van der Waals surface area contributed by atoms with Crippen LogP contribution in [-0.2, 0) is 5.92 Å². The summed E-state index contributed by atoms with van der Waals surface area (Å²) in [6, 6.07) is 4.28. The van der Waals surface area contributed by atoms with Gasteiger partial charge in [0.15, 0.2) is 0 Å². The van der Waals surface area contributed by atoms with Crippen molar-refractivity contribution in [3.8, 4) is 0 Å². The van der Waals surface area contributed by atoms with Gasteiger partial charge in [0, 0.05) is 11.6 Å². The predicted molar refractivity (Wildman–Crippen MR) is 62.0 cm³/mol. The normalized spacial score (nSPS) is 13.1. The third-order valence-corrected chi connectivity index (χ3v) is 2.46. The van der Waals surface area contributed by atoms with Crippen molar-refractivity contribution in [2.45, 2.75) is 25.8 Å². The van der Waals surface area contributed by atoms with E-state index in [1.165, 1.54) is 12.1 Å². The number of rotatable bonds is 3. The molecule has 0 radical (unpaired) electrons. The molecule has 0 saturated carbocycles. The highest BCUT2D eigenvalue weighted by Crippen LogP contribution is 2.32. The minimum Gasteiger partial charge on any atom is -0.390 e. The summed E-state index contributed by atoms with van der Waals surface area (Å²) in [6.07, 6.45) is 0. The number of hydrogen-bond donors (Lipinski definition) is 2. The number of alkyl halides is 2. The Balaban J connectivity index is 0.00000225. The second kappa shape index (κ2) is 5.57. The van der Waals surface area contributed by atoms with Gasteiger partial charge in [0.1, 0.15) is 6.61 Å². The molecule has 0 aliphatic rings. The summed E-state index contributed by atoms with van der Waals surface area (Å²) >= 11 is 0. The lowest BCUT2D eigenvalue weighted by atomic mass is 9.95. The van der Waals surface area contributed by atoms with Crippen LogP contribution in [0.5, 0.6) is 0 Å². The molecule has 5 heteroatoms. The average molecular weight is 252 g/mol. The summed E-state index contributed by atoms with van der Waals surface area (Å²) in [5, 5.41) is 8.62. The van der Waals surface area contributed by atoms with Crippen LogP contribution in [0.1, 0.15) is 29.7 Å². The second-order valence-corrected chi connectivity index (χ2v) is 3.67. The molecule has 0 heterocycles. The van der Waals surface area contributed by atoms with Crippen LogP contribution in [0.25, 0.3) is 0 Å². The van der Waals surface area contributed by atoms with Gasteiger partial charge in [-0.1, -0.05) is 18.2 Å². The number of nitrogens with two attached hydrogens (primary N) is 1. The highest BCUT2D eigenvalue weighted by molar-refractivity contribution is 5.85. The predicted octanol–water partition coefficient (Wildman–Crippen LogP) is 2.52. The third-order valence-electron chi connectivity index (χ3n) is 2.46. The van der Waals surface area contributed by atoms with E-state index in [0.717, 1.165) is 0 Å². The minimum absolute atomic E-state index is 0. The number of aliphatic hydroxyl groups is 1. The Morgan fingerprint density at radius 1 is 1.44 bits per heavy atom. The van der Waals surface area contributed by atoms with Crippen molar-refractivity contribution in [2.24, 2.45) is 5.73 Å². The van der Waals surface area contributed by atoms with Gasteiger partial charge in [0.25, 0.3) is 5.92 Å². The zero-order valence-corrected chi connectivity index (χ0v) is 10.0. The molecule has 0 amide bonds. The Bertz CT molecular complexity index is 356. The quantitative estimate of drug-likeness (QED) is 0.867. The Morgan fingerprint density at radius 2 is 2.00 bits per heavy atom. The van der Waals surface area contributed by atoms with Gasteiger partial charge < -0.3 is 10.8 Å². The molecule has 0 aromatic heterocycles. The Labute approximate surface area is 99.9 Å². The van der Waals surface area contributed by atoms with Crippen molar-refractivity contribution in [2.75, 3.05) is 6.61 Å². The largest absolute Gasteiger partial charge is 0.390 e. The lowest BCUT2D eigenvalue weighted by Crippen LogP contribution is -2.21. The molecule has 1 atom stereocenters. The monoisotopic (exact) mass is 251 g/mol. The van der Waals surface area contributed by atoms with Gasteiger partial charge in [-0.25, -0.2) is 0 Å². The van der Waals surface area contributed by atoms with Gasteiger partial charge >= 0.3 is 0 Å². The van der Waals surface area contributed by atoms with Crippen LogP contribution in [0, 0.1) is 6.92 Å². The lowest BCUT2D eigenvalue weighted by molar-refractivity contribution is -0.0561. The summed E-state index contributed by atoms with van der Waals surface area (Å²) in [7, 11) is 0. The standard InChI is InChI=1S/C11H15F2NO.ClH/c1-7-9(8(2)14)4-3-5-10(7)11(12,13)6-15;/h3-5,8,15H,6,14H2,1-2H3;1H. The number of hydrogen-bond acceptors (Lipinski definition) is 2. The SMILES string of the molecule is Cc1c(C(C)N)cccc1C(F)(F)CO.Cl. The van der Waals surface area contributed by atoms with Crippen LogP contribution in [0.3, 0.4) is 0 Å². The molecule has 0 aliphatic heterocycles. The maximum Gasteiger partial charge on any atom is 0.296 e. The van der Waals surface area contributed by atoms with Crippen LogP contribution in [0.4, 0.5) is 8.78 Å². The molecular weight excluding hydrogens is 236 g/mol. The van der Waals surface area contributed by atoms with Crippen molar-refractivity contribution in [1.82, 2.24) is 0 Å². The summed E-state index contributed by atoms with van der Waals surface area (Å²) in [4.78, 5) is 0. The Hall–Kier alpha value is -0.710. The van der Waals surface area contributed by atoms with Gasteiger partial charge in [-0.3, -0.25) is 0 Å². The Kier molecular flexibility index (Phi) is 5.32. The van der Waals surface area contributed by atoms with Crippen molar-refractivity contribution in [3.63, 3.8) is 0 Å². The van der Waals surface area contributed by atoms with E-state index >= 15 is 0 Å². The number of benzene rings is 1. The molecule has 16 heavy (non-hydrogen) atoms. The van der Waals surface area contributed by atoms with E-state index in [-0.39, 0.29) is 24.0 Å².